The van der Waals surface area contributed by atoms with E-state index in [2.05, 4.69) is 0 Å². The Labute approximate surface area is 93.0 Å². The van der Waals surface area contributed by atoms with Gasteiger partial charge in [0.15, 0.2) is 11.4 Å². The fourth-order valence-electron chi connectivity index (χ4n) is 1.82. The summed E-state index contributed by atoms with van der Waals surface area (Å²) >= 11 is 0. The number of aliphatic hydroxyl groups is 1. The van der Waals surface area contributed by atoms with Gasteiger partial charge in [-0.2, -0.15) is 0 Å². The second-order valence-corrected chi connectivity index (χ2v) is 3.83. The van der Waals surface area contributed by atoms with Gasteiger partial charge >= 0.3 is 5.97 Å². The standard InChI is InChI=1S/C11H14O5/c1-6-4-11(15,10(13)14)5-8(16-3)9(6)7(2)12/h5,15H,4H2,1-3H3,(H,13,14)/t11-/m0/s1. The molecule has 0 fully saturated rings. The van der Waals surface area contributed by atoms with Gasteiger partial charge in [0, 0.05) is 12.5 Å². The molecule has 0 radical (unpaired) electrons. The van der Waals surface area contributed by atoms with Gasteiger partial charge in [0.25, 0.3) is 0 Å². The van der Waals surface area contributed by atoms with Gasteiger partial charge in [0.2, 0.25) is 0 Å². The first-order valence-corrected chi connectivity index (χ1v) is 4.75. The van der Waals surface area contributed by atoms with Crippen molar-refractivity contribution < 1.29 is 24.5 Å². The lowest BCUT2D eigenvalue weighted by Crippen LogP contribution is -2.39. The summed E-state index contributed by atoms with van der Waals surface area (Å²) in [5.74, 6) is -1.46. The normalized spacial score (nSPS) is 25.1. The van der Waals surface area contributed by atoms with Crippen LogP contribution in [0.15, 0.2) is 23.0 Å². The first-order valence-electron chi connectivity index (χ1n) is 4.75. The lowest BCUT2D eigenvalue weighted by Gasteiger charge is -2.27. The van der Waals surface area contributed by atoms with Crippen molar-refractivity contribution in [3.8, 4) is 0 Å². The van der Waals surface area contributed by atoms with Crippen LogP contribution in [0.5, 0.6) is 0 Å². The molecule has 0 saturated heterocycles. The van der Waals surface area contributed by atoms with E-state index in [0.717, 1.165) is 6.08 Å². The van der Waals surface area contributed by atoms with Crippen LogP contribution in [0.25, 0.3) is 0 Å². The summed E-state index contributed by atoms with van der Waals surface area (Å²) in [4.78, 5) is 22.3. The van der Waals surface area contributed by atoms with E-state index in [1.807, 2.05) is 0 Å². The van der Waals surface area contributed by atoms with Crippen molar-refractivity contribution in [1.29, 1.82) is 0 Å². The van der Waals surface area contributed by atoms with Crippen LogP contribution in [-0.4, -0.2) is 34.7 Å². The molecule has 0 saturated carbocycles. The number of Topliss-reactive ketones (excluding diaryl/α,β-unsaturated/α-hetero) is 1. The monoisotopic (exact) mass is 226 g/mol. The highest BCUT2D eigenvalue weighted by atomic mass is 16.5. The summed E-state index contributed by atoms with van der Waals surface area (Å²) in [5, 5.41) is 18.7. The number of carboxylic acids is 1. The van der Waals surface area contributed by atoms with Crippen molar-refractivity contribution in [3.05, 3.63) is 23.0 Å². The highest BCUT2D eigenvalue weighted by Crippen LogP contribution is 2.32. The van der Waals surface area contributed by atoms with Crippen LogP contribution in [0.1, 0.15) is 20.3 Å². The first kappa shape index (κ1) is 12.4. The Hall–Kier alpha value is -1.62. The summed E-state index contributed by atoms with van der Waals surface area (Å²) in [6, 6.07) is 0. The average Bonchev–Trinajstić information content (AvgIpc) is 2.15. The maximum atomic E-state index is 11.4. The minimum absolute atomic E-state index is 0.107. The number of methoxy groups -OCH3 is 1. The molecule has 16 heavy (non-hydrogen) atoms. The van der Waals surface area contributed by atoms with Crippen molar-refractivity contribution in [3.63, 3.8) is 0 Å². The Bertz CT molecular complexity index is 405. The van der Waals surface area contributed by atoms with Crippen LogP contribution < -0.4 is 0 Å². The maximum absolute atomic E-state index is 11.4. The number of carboxylic acid groups (broad SMARTS) is 1. The van der Waals surface area contributed by atoms with Crippen LogP contribution in [-0.2, 0) is 14.3 Å². The third kappa shape index (κ3) is 1.99. The number of ether oxygens (including phenoxy) is 1. The maximum Gasteiger partial charge on any atom is 0.340 e. The van der Waals surface area contributed by atoms with E-state index in [1.165, 1.54) is 14.0 Å². The van der Waals surface area contributed by atoms with E-state index in [9.17, 15) is 14.7 Å². The van der Waals surface area contributed by atoms with Crippen molar-refractivity contribution in [1.82, 2.24) is 0 Å². The predicted octanol–water partition coefficient (Wildman–Crippen LogP) is 0.642. The second-order valence-electron chi connectivity index (χ2n) is 3.83. The fraction of sp³-hybridized carbons (Fsp3) is 0.455. The van der Waals surface area contributed by atoms with E-state index in [0.29, 0.717) is 11.1 Å². The topological polar surface area (TPSA) is 83.8 Å². The molecule has 88 valence electrons. The summed E-state index contributed by atoms with van der Waals surface area (Å²) < 4.78 is 4.94. The van der Waals surface area contributed by atoms with Crippen molar-refractivity contribution in [2.75, 3.05) is 7.11 Å². The molecular weight excluding hydrogens is 212 g/mol. The third-order valence-electron chi connectivity index (χ3n) is 2.52. The second kappa shape index (κ2) is 4.09. The Balaban J connectivity index is 3.27. The summed E-state index contributed by atoms with van der Waals surface area (Å²) in [5.41, 5.74) is -1.14. The molecule has 0 heterocycles. The van der Waals surface area contributed by atoms with Gasteiger partial charge in [-0.1, -0.05) is 5.57 Å². The minimum atomic E-state index is -1.99. The molecule has 5 nitrogen and oxygen atoms in total. The molecule has 1 aliphatic carbocycles. The zero-order valence-electron chi connectivity index (χ0n) is 9.40. The molecule has 1 aliphatic rings. The van der Waals surface area contributed by atoms with E-state index < -0.39 is 11.6 Å². The van der Waals surface area contributed by atoms with Crippen LogP contribution in [0, 0.1) is 0 Å². The van der Waals surface area contributed by atoms with Gasteiger partial charge in [-0.05, 0) is 13.8 Å². The number of allylic oxidation sites excluding steroid dienone is 1. The van der Waals surface area contributed by atoms with Crippen molar-refractivity contribution in [2.24, 2.45) is 0 Å². The van der Waals surface area contributed by atoms with E-state index in [-0.39, 0.29) is 18.0 Å². The molecule has 0 aromatic carbocycles. The largest absolute Gasteiger partial charge is 0.496 e. The summed E-state index contributed by atoms with van der Waals surface area (Å²) in [6.07, 6.45) is 0.961. The van der Waals surface area contributed by atoms with Crippen LogP contribution in [0.4, 0.5) is 0 Å². The smallest absolute Gasteiger partial charge is 0.340 e. The molecule has 0 unspecified atom stereocenters. The quantitative estimate of drug-likeness (QED) is 0.737. The summed E-state index contributed by atoms with van der Waals surface area (Å²) in [7, 11) is 1.33. The Kier molecular flexibility index (Phi) is 3.19. The molecule has 0 aromatic heterocycles. The van der Waals surface area contributed by atoms with Gasteiger partial charge in [0.1, 0.15) is 5.76 Å². The van der Waals surface area contributed by atoms with Gasteiger partial charge in [-0.3, -0.25) is 4.79 Å². The molecule has 0 aliphatic heterocycles. The highest BCUT2D eigenvalue weighted by molar-refractivity contribution is 5.99. The van der Waals surface area contributed by atoms with E-state index >= 15 is 0 Å². The average molecular weight is 226 g/mol. The molecule has 5 heteroatoms. The van der Waals surface area contributed by atoms with E-state index in [4.69, 9.17) is 9.84 Å². The molecular formula is C11H14O5. The van der Waals surface area contributed by atoms with Gasteiger partial charge < -0.3 is 14.9 Å². The number of hydrogen-bond donors (Lipinski definition) is 2. The van der Waals surface area contributed by atoms with Gasteiger partial charge in [-0.25, -0.2) is 4.79 Å². The molecule has 1 atom stereocenters. The number of carbonyl (C=O) groups is 2. The van der Waals surface area contributed by atoms with Crippen LogP contribution >= 0.6 is 0 Å². The molecule has 1 rings (SSSR count). The number of rotatable bonds is 3. The molecule has 2 N–H and O–H groups in total. The SMILES string of the molecule is COC1=C[C@](O)(C(=O)O)CC(C)=C1C(C)=O. The van der Waals surface area contributed by atoms with Crippen molar-refractivity contribution >= 4 is 11.8 Å². The molecule has 0 spiro atoms. The third-order valence-corrected chi connectivity index (χ3v) is 2.52. The van der Waals surface area contributed by atoms with E-state index in [1.54, 1.807) is 6.92 Å². The predicted molar refractivity (Wildman–Crippen MR) is 55.7 cm³/mol. The lowest BCUT2D eigenvalue weighted by atomic mass is 9.84. The van der Waals surface area contributed by atoms with Crippen LogP contribution in [0.3, 0.4) is 0 Å². The number of hydrogen-bond acceptors (Lipinski definition) is 4. The molecule has 0 amide bonds. The number of carbonyl (C=O) groups excluding carboxylic acids is 1. The lowest BCUT2D eigenvalue weighted by molar-refractivity contribution is -0.153. The Morgan fingerprint density at radius 2 is 2.06 bits per heavy atom. The Morgan fingerprint density at radius 3 is 2.44 bits per heavy atom. The first-order chi connectivity index (χ1) is 7.31. The molecule has 0 bridgehead atoms. The molecule has 0 aromatic rings. The van der Waals surface area contributed by atoms with Crippen LogP contribution in [0.2, 0.25) is 0 Å². The highest BCUT2D eigenvalue weighted by Gasteiger charge is 2.39. The Morgan fingerprint density at radius 1 is 1.50 bits per heavy atom. The summed E-state index contributed by atoms with van der Waals surface area (Å²) in [6.45, 7) is 2.98. The van der Waals surface area contributed by atoms with Gasteiger partial charge in [0.05, 0.1) is 12.7 Å². The zero-order valence-corrected chi connectivity index (χ0v) is 9.40. The fourth-order valence-corrected chi connectivity index (χ4v) is 1.82. The van der Waals surface area contributed by atoms with Gasteiger partial charge in [-0.15, -0.1) is 0 Å². The zero-order chi connectivity index (χ0) is 12.5. The minimum Gasteiger partial charge on any atom is -0.496 e. The van der Waals surface area contributed by atoms with Crippen molar-refractivity contribution in [2.45, 2.75) is 25.9 Å². The number of ketones is 1. The number of aliphatic carboxylic acids is 1.